The smallest absolute Gasteiger partial charge is 0.252 e. The normalized spacial score (nSPS) is 9.85. The van der Waals surface area contributed by atoms with Gasteiger partial charge in [0.15, 0.2) is 0 Å². The number of amides is 1. The minimum Gasteiger partial charge on any atom is -0.315 e. The summed E-state index contributed by atoms with van der Waals surface area (Å²) in [6.07, 6.45) is 1.54. The minimum absolute atomic E-state index is 0.0585. The van der Waals surface area contributed by atoms with Crippen molar-refractivity contribution in [3.63, 3.8) is 0 Å². The van der Waals surface area contributed by atoms with E-state index in [-0.39, 0.29) is 5.91 Å². The second-order valence-corrected chi connectivity index (χ2v) is 3.26. The first-order valence-corrected chi connectivity index (χ1v) is 4.22. The van der Waals surface area contributed by atoms with Crippen molar-refractivity contribution in [2.45, 2.75) is 6.92 Å². The Balaban J connectivity index is 4.11. The molecule has 0 aromatic heterocycles. The summed E-state index contributed by atoms with van der Waals surface area (Å²) >= 11 is 0. The van der Waals surface area contributed by atoms with Gasteiger partial charge in [-0.25, -0.2) is 0 Å². The van der Waals surface area contributed by atoms with Gasteiger partial charge in [0.05, 0.1) is 0 Å². The van der Waals surface area contributed by atoms with E-state index in [4.69, 9.17) is 0 Å². The number of rotatable bonds is 5. The Labute approximate surface area is 80.3 Å². The number of likely N-dealkylation sites (N-methyl/N-ethyl adjacent to an activating group) is 1. The molecular formula is C10H18N2O. The second kappa shape index (κ2) is 5.54. The summed E-state index contributed by atoms with van der Waals surface area (Å²) in [7, 11) is 3.93. The maximum atomic E-state index is 11.4. The van der Waals surface area contributed by atoms with Crippen molar-refractivity contribution in [3.05, 3.63) is 24.9 Å². The molecule has 0 heterocycles. The molecule has 0 bridgehead atoms. The largest absolute Gasteiger partial charge is 0.315 e. The van der Waals surface area contributed by atoms with Crippen LogP contribution in [-0.4, -0.2) is 42.9 Å². The van der Waals surface area contributed by atoms with E-state index in [2.05, 4.69) is 13.2 Å². The van der Waals surface area contributed by atoms with Gasteiger partial charge >= 0.3 is 0 Å². The fourth-order valence-electron chi connectivity index (χ4n) is 0.829. The Morgan fingerprint density at radius 1 is 1.38 bits per heavy atom. The van der Waals surface area contributed by atoms with Gasteiger partial charge in [0.25, 0.3) is 5.91 Å². The van der Waals surface area contributed by atoms with Gasteiger partial charge in [-0.15, -0.1) is 0 Å². The highest BCUT2D eigenvalue weighted by atomic mass is 16.2. The quantitative estimate of drug-likeness (QED) is 0.594. The highest BCUT2D eigenvalue weighted by Crippen LogP contribution is 1.98. The third-order valence-corrected chi connectivity index (χ3v) is 1.63. The molecule has 0 unspecified atom stereocenters. The van der Waals surface area contributed by atoms with Crippen LogP contribution >= 0.6 is 0 Å². The second-order valence-electron chi connectivity index (χ2n) is 3.26. The van der Waals surface area contributed by atoms with E-state index in [1.807, 2.05) is 19.0 Å². The maximum Gasteiger partial charge on any atom is 0.252 e. The lowest BCUT2D eigenvalue weighted by Gasteiger charge is -2.20. The summed E-state index contributed by atoms with van der Waals surface area (Å²) in [6, 6.07) is 0. The van der Waals surface area contributed by atoms with Gasteiger partial charge in [-0.2, -0.15) is 0 Å². The Bertz CT molecular complexity index is 209. The van der Waals surface area contributed by atoms with Crippen LogP contribution in [0, 0.1) is 0 Å². The first-order chi connectivity index (χ1) is 5.99. The first kappa shape index (κ1) is 11.9. The molecule has 13 heavy (non-hydrogen) atoms. The lowest BCUT2D eigenvalue weighted by molar-refractivity contribution is -0.124. The van der Waals surface area contributed by atoms with Crippen LogP contribution in [-0.2, 0) is 4.79 Å². The van der Waals surface area contributed by atoms with E-state index in [0.717, 1.165) is 6.54 Å². The summed E-state index contributed by atoms with van der Waals surface area (Å²) in [5.74, 6) is -0.0585. The van der Waals surface area contributed by atoms with Gasteiger partial charge in [0.2, 0.25) is 0 Å². The molecule has 0 radical (unpaired) electrons. The average Bonchev–Trinajstić information content (AvgIpc) is 2.04. The molecule has 0 aliphatic rings. The average molecular weight is 182 g/mol. The molecule has 3 heteroatoms. The summed E-state index contributed by atoms with van der Waals surface area (Å²) in [6.45, 7) is 10.4. The third-order valence-electron chi connectivity index (χ3n) is 1.63. The van der Waals surface area contributed by atoms with Crippen LogP contribution in [0.3, 0.4) is 0 Å². The summed E-state index contributed by atoms with van der Waals surface area (Å²) < 4.78 is 0. The van der Waals surface area contributed by atoms with Crippen molar-refractivity contribution in [1.29, 1.82) is 0 Å². The van der Waals surface area contributed by atoms with E-state index in [1.54, 1.807) is 18.0 Å². The number of hydrogen-bond acceptors (Lipinski definition) is 2. The van der Waals surface area contributed by atoms with E-state index in [1.165, 1.54) is 0 Å². The van der Waals surface area contributed by atoms with Crippen molar-refractivity contribution in [1.82, 2.24) is 9.80 Å². The zero-order chi connectivity index (χ0) is 10.4. The van der Waals surface area contributed by atoms with Gasteiger partial charge in [-0.3, -0.25) is 4.79 Å². The number of carbonyl (C=O) groups is 1. The Kier molecular flexibility index (Phi) is 5.07. The fourth-order valence-corrected chi connectivity index (χ4v) is 0.829. The van der Waals surface area contributed by atoms with Crippen molar-refractivity contribution in [2.75, 3.05) is 27.2 Å². The SMILES string of the molecule is C=CN(CCN(C)C)C(=O)C(=C)C. The molecule has 0 aromatic carbocycles. The summed E-state index contributed by atoms with van der Waals surface area (Å²) in [4.78, 5) is 15.0. The molecule has 0 rings (SSSR count). The van der Waals surface area contributed by atoms with E-state index >= 15 is 0 Å². The number of hydrogen-bond donors (Lipinski definition) is 0. The van der Waals surface area contributed by atoms with Gasteiger partial charge < -0.3 is 9.80 Å². The van der Waals surface area contributed by atoms with Gasteiger partial charge in [-0.1, -0.05) is 13.2 Å². The highest BCUT2D eigenvalue weighted by Gasteiger charge is 2.10. The van der Waals surface area contributed by atoms with Gasteiger partial charge in [-0.05, 0) is 27.2 Å². The molecule has 0 spiro atoms. The van der Waals surface area contributed by atoms with Crippen LogP contribution in [0.4, 0.5) is 0 Å². The van der Waals surface area contributed by atoms with E-state index in [9.17, 15) is 4.79 Å². The molecule has 3 nitrogen and oxygen atoms in total. The predicted molar refractivity (Wildman–Crippen MR) is 55.3 cm³/mol. The van der Waals surface area contributed by atoms with Gasteiger partial charge in [0, 0.05) is 18.7 Å². The molecule has 0 saturated carbocycles. The fraction of sp³-hybridized carbons (Fsp3) is 0.500. The Morgan fingerprint density at radius 2 is 1.92 bits per heavy atom. The number of nitrogens with zero attached hydrogens (tertiary/aromatic N) is 2. The lowest BCUT2D eigenvalue weighted by Crippen LogP contribution is -2.32. The zero-order valence-electron chi connectivity index (χ0n) is 8.71. The van der Waals surface area contributed by atoms with Crippen LogP contribution in [0.15, 0.2) is 24.9 Å². The van der Waals surface area contributed by atoms with Crippen molar-refractivity contribution in [2.24, 2.45) is 0 Å². The molecule has 0 atom stereocenters. The Morgan fingerprint density at radius 3 is 2.23 bits per heavy atom. The molecule has 1 amide bonds. The molecule has 0 saturated heterocycles. The lowest BCUT2D eigenvalue weighted by atomic mass is 10.3. The number of carbonyl (C=O) groups excluding carboxylic acids is 1. The molecule has 0 aromatic rings. The van der Waals surface area contributed by atoms with Crippen LogP contribution in [0.25, 0.3) is 0 Å². The van der Waals surface area contributed by atoms with Gasteiger partial charge in [0.1, 0.15) is 0 Å². The molecule has 0 N–H and O–H groups in total. The summed E-state index contributed by atoms with van der Waals surface area (Å²) in [5.41, 5.74) is 0.540. The maximum absolute atomic E-state index is 11.4. The van der Waals surface area contributed by atoms with Crippen molar-refractivity contribution in [3.8, 4) is 0 Å². The molecule has 0 aliphatic heterocycles. The molecule has 0 fully saturated rings. The summed E-state index contributed by atoms with van der Waals surface area (Å²) in [5, 5.41) is 0. The third kappa shape index (κ3) is 4.48. The minimum atomic E-state index is -0.0585. The van der Waals surface area contributed by atoms with Crippen LogP contribution in [0.1, 0.15) is 6.92 Å². The monoisotopic (exact) mass is 182 g/mol. The molecule has 74 valence electrons. The standard InChI is InChI=1S/C10H18N2O/c1-6-12(8-7-11(4)5)10(13)9(2)3/h6H,1-2,7-8H2,3-5H3. The Hall–Kier alpha value is -1.09. The van der Waals surface area contributed by atoms with Crippen LogP contribution in [0.2, 0.25) is 0 Å². The highest BCUT2D eigenvalue weighted by molar-refractivity contribution is 5.92. The zero-order valence-corrected chi connectivity index (χ0v) is 8.71. The van der Waals surface area contributed by atoms with E-state index < -0.39 is 0 Å². The molecule has 0 aliphatic carbocycles. The first-order valence-electron chi connectivity index (χ1n) is 4.22. The van der Waals surface area contributed by atoms with Crippen molar-refractivity contribution < 1.29 is 4.79 Å². The van der Waals surface area contributed by atoms with Crippen LogP contribution < -0.4 is 0 Å². The van der Waals surface area contributed by atoms with Crippen molar-refractivity contribution >= 4 is 5.91 Å². The topological polar surface area (TPSA) is 23.6 Å². The van der Waals surface area contributed by atoms with Crippen LogP contribution in [0.5, 0.6) is 0 Å². The van der Waals surface area contributed by atoms with E-state index in [0.29, 0.717) is 12.1 Å². The predicted octanol–water partition coefficient (Wildman–Crippen LogP) is 1.10. The molecular weight excluding hydrogens is 164 g/mol.